The molecule has 2 heterocycles. The van der Waals surface area contributed by atoms with Gasteiger partial charge in [0.05, 0.1) is 0 Å². The normalized spacial score (nSPS) is 30.6. The first kappa shape index (κ1) is 7.63. The van der Waals surface area contributed by atoms with Crippen molar-refractivity contribution >= 4 is 0 Å². The Kier molecular flexibility index (Phi) is 1.53. The van der Waals surface area contributed by atoms with E-state index < -0.39 is 0 Å². The number of hydrogen-bond donors (Lipinski definition) is 2. The van der Waals surface area contributed by atoms with Gasteiger partial charge in [-0.15, -0.1) is 0 Å². The number of hydrogen-bond acceptors (Lipinski definition) is 1. The lowest BCUT2D eigenvalue weighted by molar-refractivity contribution is 0.175. The van der Waals surface area contributed by atoms with Crippen molar-refractivity contribution in [3.63, 3.8) is 0 Å². The molecular weight excluding hydrogens is 160 g/mol. The summed E-state index contributed by atoms with van der Waals surface area (Å²) in [5.74, 6) is 0.827. The molecule has 1 aromatic heterocycles. The largest absolute Gasteiger partial charge is 0.367 e. The molecule has 13 heavy (non-hydrogen) atoms. The van der Waals surface area contributed by atoms with Crippen LogP contribution in [-0.4, -0.2) is 18.1 Å². The lowest BCUT2D eigenvalue weighted by atomic mass is 9.79. The number of aromatic nitrogens is 1. The van der Waals surface area contributed by atoms with Crippen LogP contribution < -0.4 is 5.32 Å². The van der Waals surface area contributed by atoms with Crippen molar-refractivity contribution in [3.05, 3.63) is 24.0 Å². The molecule has 2 N–H and O–H groups in total. The summed E-state index contributed by atoms with van der Waals surface area (Å²) < 4.78 is 0. The minimum absolute atomic E-state index is 0.682. The van der Waals surface area contributed by atoms with Gasteiger partial charge in [-0.3, -0.25) is 0 Å². The zero-order valence-electron chi connectivity index (χ0n) is 7.84. The first-order valence-electron chi connectivity index (χ1n) is 5.21. The Morgan fingerprint density at radius 2 is 2.31 bits per heavy atom. The van der Waals surface area contributed by atoms with E-state index in [1.165, 1.54) is 37.9 Å². The average molecular weight is 176 g/mol. The Hall–Kier alpha value is -0.760. The topological polar surface area (TPSA) is 27.8 Å². The van der Waals surface area contributed by atoms with Crippen molar-refractivity contribution in [2.75, 3.05) is 13.1 Å². The van der Waals surface area contributed by atoms with Gasteiger partial charge in [0.15, 0.2) is 0 Å². The Balaban J connectivity index is 1.76. The van der Waals surface area contributed by atoms with Crippen molar-refractivity contribution < 1.29 is 0 Å². The molecule has 1 aliphatic carbocycles. The second kappa shape index (κ2) is 2.61. The maximum absolute atomic E-state index is 3.40. The molecule has 1 aliphatic heterocycles. The van der Waals surface area contributed by atoms with Crippen molar-refractivity contribution in [3.8, 4) is 0 Å². The Morgan fingerprint density at radius 1 is 1.38 bits per heavy atom. The highest BCUT2D eigenvalue weighted by atomic mass is 15.0. The molecule has 1 unspecified atom stereocenters. The van der Waals surface area contributed by atoms with Crippen LogP contribution in [-0.2, 0) is 0 Å². The van der Waals surface area contributed by atoms with E-state index in [-0.39, 0.29) is 0 Å². The molecule has 0 amide bonds. The number of aromatic amines is 1. The fraction of sp³-hybridized carbons (Fsp3) is 0.636. The van der Waals surface area contributed by atoms with E-state index in [9.17, 15) is 0 Å². The summed E-state index contributed by atoms with van der Waals surface area (Å²) in [6.45, 7) is 2.52. The molecule has 0 radical (unpaired) electrons. The minimum atomic E-state index is 0.682. The Labute approximate surface area is 78.7 Å². The summed E-state index contributed by atoms with van der Waals surface area (Å²) in [6, 6.07) is 2.23. The van der Waals surface area contributed by atoms with Crippen LogP contribution in [0.3, 0.4) is 0 Å². The van der Waals surface area contributed by atoms with Crippen LogP contribution >= 0.6 is 0 Å². The maximum atomic E-state index is 3.40. The van der Waals surface area contributed by atoms with Gasteiger partial charge in [0.1, 0.15) is 0 Å². The monoisotopic (exact) mass is 176 g/mol. The molecule has 1 atom stereocenters. The van der Waals surface area contributed by atoms with Gasteiger partial charge in [0.2, 0.25) is 0 Å². The minimum Gasteiger partial charge on any atom is -0.367 e. The molecule has 1 saturated heterocycles. The van der Waals surface area contributed by atoms with Gasteiger partial charge in [-0.25, -0.2) is 0 Å². The zero-order valence-corrected chi connectivity index (χ0v) is 7.84. The van der Waals surface area contributed by atoms with E-state index in [0.717, 1.165) is 5.92 Å². The lowest BCUT2D eigenvalue weighted by Crippen LogP contribution is -2.51. The fourth-order valence-corrected chi connectivity index (χ4v) is 2.88. The maximum Gasteiger partial charge on any atom is 0.00401 e. The van der Waals surface area contributed by atoms with Crippen molar-refractivity contribution in [1.82, 2.24) is 10.3 Å². The van der Waals surface area contributed by atoms with E-state index in [0.29, 0.717) is 5.41 Å². The van der Waals surface area contributed by atoms with Crippen molar-refractivity contribution in [2.45, 2.75) is 25.2 Å². The molecule has 1 saturated carbocycles. The highest BCUT2D eigenvalue weighted by molar-refractivity contribution is 5.19. The molecule has 1 spiro atoms. The smallest absolute Gasteiger partial charge is 0.00401 e. The lowest BCUT2D eigenvalue weighted by Gasteiger charge is -2.39. The second-order valence-electron chi connectivity index (χ2n) is 4.69. The summed E-state index contributed by atoms with van der Waals surface area (Å²) in [5.41, 5.74) is 2.20. The average Bonchev–Trinajstić information content (AvgIpc) is 2.71. The molecule has 2 heteroatoms. The van der Waals surface area contributed by atoms with Crippen molar-refractivity contribution in [2.24, 2.45) is 5.41 Å². The zero-order chi connectivity index (χ0) is 8.73. The van der Waals surface area contributed by atoms with Gasteiger partial charge in [-0.1, -0.05) is 0 Å². The van der Waals surface area contributed by atoms with Crippen LogP contribution in [0.4, 0.5) is 0 Å². The summed E-state index contributed by atoms with van der Waals surface area (Å²) in [5, 5.41) is 3.40. The van der Waals surface area contributed by atoms with E-state index in [1.54, 1.807) is 0 Å². The third kappa shape index (κ3) is 1.12. The summed E-state index contributed by atoms with van der Waals surface area (Å²) in [6.07, 6.45) is 8.42. The predicted molar refractivity (Wildman–Crippen MR) is 52.7 cm³/mol. The van der Waals surface area contributed by atoms with Crippen LogP contribution in [0.1, 0.15) is 30.7 Å². The van der Waals surface area contributed by atoms with Crippen LogP contribution in [0, 0.1) is 5.41 Å². The number of H-pyrrole nitrogens is 1. The molecule has 2 aliphatic rings. The number of rotatable bonds is 1. The quantitative estimate of drug-likeness (QED) is 0.671. The molecule has 1 aromatic rings. The summed E-state index contributed by atoms with van der Waals surface area (Å²) in [7, 11) is 0. The van der Waals surface area contributed by atoms with Gasteiger partial charge in [0.25, 0.3) is 0 Å². The molecule has 0 bridgehead atoms. The Bertz CT molecular complexity index is 285. The van der Waals surface area contributed by atoms with E-state index in [1.807, 2.05) is 6.20 Å². The molecule has 70 valence electrons. The molecule has 0 aromatic carbocycles. The van der Waals surface area contributed by atoms with Gasteiger partial charge in [0, 0.05) is 25.5 Å². The van der Waals surface area contributed by atoms with Crippen LogP contribution in [0.2, 0.25) is 0 Å². The van der Waals surface area contributed by atoms with E-state index in [2.05, 4.69) is 22.6 Å². The van der Waals surface area contributed by atoms with E-state index in [4.69, 9.17) is 0 Å². The molecule has 2 fully saturated rings. The first-order chi connectivity index (χ1) is 6.38. The highest BCUT2D eigenvalue weighted by Crippen LogP contribution is 2.48. The summed E-state index contributed by atoms with van der Waals surface area (Å²) >= 11 is 0. The van der Waals surface area contributed by atoms with Crippen LogP contribution in [0.25, 0.3) is 0 Å². The third-order valence-corrected chi connectivity index (χ3v) is 3.80. The van der Waals surface area contributed by atoms with Crippen LogP contribution in [0.15, 0.2) is 18.5 Å². The molecular formula is C11H16N2. The molecule has 3 rings (SSSR count). The number of nitrogens with one attached hydrogen (secondary N) is 2. The summed E-state index contributed by atoms with van der Waals surface area (Å²) in [4.78, 5) is 3.15. The van der Waals surface area contributed by atoms with Gasteiger partial charge in [-0.2, -0.15) is 0 Å². The van der Waals surface area contributed by atoms with Gasteiger partial charge < -0.3 is 10.3 Å². The third-order valence-electron chi connectivity index (χ3n) is 3.80. The SMILES string of the molecule is c1cc(C2CCC3(CNC3)C2)c[nH]1. The van der Waals surface area contributed by atoms with Crippen molar-refractivity contribution in [1.29, 1.82) is 0 Å². The molecule has 2 nitrogen and oxygen atoms in total. The predicted octanol–water partition coefficient (Wildman–Crippen LogP) is 1.87. The van der Waals surface area contributed by atoms with Gasteiger partial charge >= 0.3 is 0 Å². The second-order valence-corrected chi connectivity index (χ2v) is 4.69. The van der Waals surface area contributed by atoms with Gasteiger partial charge in [-0.05, 0) is 42.2 Å². The van der Waals surface area contributed by atoms with E-state index >= 15 is 0 Å². The standard InChI is InChI=1S/C11H16N2/c1-3-11(7-13-8-11)5-9(1)10-2-4-12-6-10/h2,4,6,9,12-13H,1,3,5,7-8H2. The van der Waals surface area contributed by atoms with Crippen LogP contribution in [0.5, 0.6) is 0 Å². The fourth-order valence-electron chi connectivity index (χ4n) is 2.88. The Morgan fingerprint density at radius 3 is 2.85 bits per heavy atom. The highest BCUT2D eigenvalue weighted by Gasteiger charge is 2.43. The first-order valence-corrected chi connectivity index (χ1v) is 5.21.